The van der Waals surface area contributed by atoms with Crippen LogP contribution in [0, 0.1) is 0 Å². The maximum atomic E-state index is 3.53. The highest BCUT2D eigenvalue weighted by molar-refractivity contribution is 5.14. The van der Waals surface area contributed by atoms with Crippen LogP contribution >= 0.6 is 0 Å². The molecule has 0 saturated carbocycles. The molecular weight excluding hydrogens is 242 g/mol. The lowest BCUT2D eigenvalue weighted by Crippen LogP contribution is -2.14. The van der Waals surface area contributed by atoms with E-state index >= 15 is 0 Å². The molecule has 20 heavy (non-hydrogen) atoms. The normalized spacial score (nSPS) is 10.8. The molecule has 0 amide bonds. The summed E-state index contributed by atoms with van der Waals surface area (Å²) in [4.78, 5) is 0. The van der Waals surface area contributed by atoms with Gasteiger partial charge in [0.05, 0.1) is 0 Å². The molecule has 0 aliphatic rings. The zero-order valence-corrected chi connectivity index (χ0v) is 13.4. The summed E-state index contributed by atoms with van der Waals surface area (Å²) in [5.74, 6) is 0. The number of unbranched alkanes of at least 4 members (excludes halogenated alkanes) is 9. The van der Waals surface area contributed by atoms with E-state index in [9.17, 15) is 0 Å². The average Bonchev–Trinajstić information content (AvgIpc) is 2.49. The van der Waals surface area contributed by atoms with Gasteiger partial charge in [0, 0.05) is 6.54 Å². The van der Waals surface area contributed by atoms with Crippen molar-refractivity contribution in [2.24, 2.45) is 0 Å². The fourth-order valence-corrected chi connectivity index (χ4v) is 2.57. The summed E-state index contributed by atoms with van der Waals surface area (Å²) in [6, 6.07) is 10.7. The summed E-state index contributed by atoms with van der Waals surface area (Å²) >= 11 is 0. The summed E-state index contributed by atoms with van der Waals surface area (Å²) in [6.45, 7) is 4.45. The topological polar surface area (TPSA) is 12.0 Å². The third kappa shape index (κ3) is 10.0. The average molecular weight is 275 g/mol. The van der Waals surface area contributed by atoms with Gasteiger partial charge in [-0.1, -0.05) is 95.0 Å². The van der Waals surface area contributed by atoms with Crippen LogP contribution < -0.4 is 5.32 Å². The van der Waals surface area contributed by atoms with Crippen LogP contribution in [0.5, 0.6) is 0 Å². The highest BCUT2D eigenvalue weighted by Crippen LogP contribution is 2.10. The van der Waals surface area contributed by atoms with Crippen molar-refractivity contribution < 1.29 is 0 Å². The highest BCUT2D eigenvalue weighted by atomic mass is 14.8. The molecule has 1 aromatic carbocycles. The van der Waals surface area contributed by atoms with Gasteiger partial charge >= 0.3 is 0 Å². The molecule has 0 radical (unpaired) electrons. The van der Waals surface area contributed by atoms with E-state index in [1.54, 1.807) is 0 Å². The number of hydrogen-bond donors (Lipinski definition) is 1. The molecule has 0 aliphatic heterocycles. The van der Waals surface area contributed by atoms with Crippen molar-refractivity contribution in [1.29, 1.82) is 0 Å². The zero-order valence-electron chi connectivity index (χ0n) is 13.4. The van der Waals surface area contributed by atoms with E-state index in [0.717, 1.165) is 13.1 Å². The van der Waals surface area contributed by atoms with Crippen LogP contribution in [0.2, 0.25) is 0 Å². The van der Waals surface area contributed by atoms with Gasteiger partial charge in [-0.25, -0.2) is 0 Å². The van der Waals surface area contributed by atoms with Gasteiger partial charge in [-0.3, -0.25) is 0 Å². The summed E-state index contributed by atoms with van der Waals surface area (Å²) in [5.41, 5.74) is 1.39. The standard InChI is InChI=1S/C19H33N/c1-2-3-4-5-6-7-8-9-10-14-17-20-18-19-15-12-11-13-16-19/h11-13,15-16,20H,2-10,14,17-18H2,1H3. The second-order valence-electron chi connectivity index (χ2n) is 5.84. The Morgan fingerprint density at radius 1 is 0.700 bits per heavy atom. The molecule has 0 aliphatic carbocycles. The van der Waals surface area contributed by atoms with E-state index in [1.165, 1.54) is 69.8 Å². The van der Waals surface area contributed by atoms with Crippen LogP contribution in [0.4, 0.5) is 0 Å². The third-order valence-corrected chi connectivity index (χ3v) is 3.88. The maximum Gasteiger partial charge on any atom is 0.0205 e. The van der Waals surface area contributed by atoms with Crippen molar-refractivity contribution in [3.05, 3.63) is 35.9 Å². The SMILES string of the molecule is CCCCCCCCCCCCNCc1ccccc1. The van der Waals surface area contributed by atoms with Crippen molar-refractivity contribution in [3.63, 3.8) is 0 Å². The minimum absolute atomic E-state index is 1.01. The lowest BCUT2D eigenvalue weighted by molar-refractivity contribution is 0.543. The summed E-state index contributed by atoms with van der Waals surface area (Å²) in [7, 11) is 0. The summed E-state index contributed by atoms with van der Waals surface area (Å²) in [5, 5.41) is 3.53. The number of rotatable bonds is 13. The smallest absolute Gasteiger partial charge is 0.0205 e. The zero-order chi connectivity index (χ0) is 14.3. The molecule has 0 unspecified atom stereocenters. The van der Waals surface area contributed by atoms with Crippen LogP contribution in [-0.4, -0.2) is 6.54 Å². The van der Waals surface area contributed by atoms with Crippen molar-refractivity contribution in [2.45, 2.75) is 77.7 Å². The van der Waals surface area contributed by atoms with Crippen molar-refractivity contribution in [2.75, 3.05) is 6.54 Å². The Labute approximate surface area is 126 Å². The quantitative estimate of drug-likeness (QED) is 0.455. The van der Waals surface area contributed by atoms with E-state index < -0.39 is 0 Å². The molecule has 1 N–H and O–H groups in total. The van der Waals surface area contributed by atoms with Crippen molar-refractivity contribution in [1.82, 2.24) is 5.32 Å². The fourth-order valence-electron chi connectivity index (χ4n) is 2.57. The molecule has 0 heterocycles. The molecule has 114 valence electrons. The van der Waals surface area contributed by atoms with E-state index in [0.29, 0.717) is 0 Å². The number of hydrogen-bond acceptors (Lipinski definition) is 1. The van der Waals surface area contributed by atoms with Gasteiger partial charge in [0.15, 0.2) is 0 Å². The third-order valence-electron chi connectivity index (χ3n) is 3.88. The molecule has 0 aromatic heterocycles. The van der Waals surface area contributed by atoms with E-state index in [2.05, 4.69) is 42.6 Å². The minimum Gasteiger partial charge on any atom is -0.313 e. The number of nitrogens with one attached hydrogen (secondary N) is 1. The van der Waals surface area contributed by atoms with E-state index in [4.69, 9.17) is 0 Å². The van der Waals surface area contributed by atoms with Crippen LogP contribution in [0.25, 0.3) is 0 Å². The summed E-state index contributed by atoms with van der Waals surface area (Å²) < 4.78 is 0. The van der Waals surface area contributed by atoms with Gasteiger partial charge in [0.2, 0.25) is 0 Å². The van der Waals surface area contributed by atoms with Crippen LogP contribution in [0.1, 0.15) is 76.7 Å². The Hall–Kier alpha value is -0.820. The van der Waals surface area contributed by atoms with Crippen LogP contribution in [0.15, 0.2) is 30.3 Å². The Balaban J connectivity index is 1.77. The maximum absolute atomic E-state index is 3.53. The largest absolute Gasteiger partial charge is 0.313 e. The lowest BCUT2D eigenvalue weighted by Gasteiger charge is -2.05. The highest BCUT2D eigenvalue weighted by Gasteiger charge is 1.93. The van der Waals surface area contributed by atoms with Crippen molar-refractivity contribution in [3.8, 4) is 0 Å². The van der Waals surface area contributed by atoms with Gasteiger partial charge in [-0.05, 0) is 18.5 Å². The second-order valence-corrected chi connectivity index (χ2v) is 5.84. The summed E-state index contributed by atoms with van der Waals surface area (Å²) in [6.07, 6.45) is 14.1. The first-order chi connectivity index (χ1) is 9.93. The van der Waals surface area contributed by atoms with Gasteiger partial charge < -0.3 is 5.32 Å². The lowest BCUT2D eigenvalue weighted by atomic mass is 10.1. The Kier molecular flexibility index (Phi) is 11.4. The molecule has 0 fully saturated rings. The molecule has 0 saturated heterocycles. The number of benzene rings is 1. The molecule has 1 aromatic rings. The fraction of sp³-hybridized carbons (Fsp3) is 0.684. The molecule has 1 heteroatoms. The van der Waals surface area contributed by atoms with Crippen LogP contribution in [0.3, 0.4) is 0 Å². The van der Waals surface area contributed by atoms with E-state index in [1.807, 2.05) is 0 Å². The molecule has 0 spiro atoms. The predicted octanol–water partition coefficient (Wildman–Crippen LogP) is 5.70. The first-order valence-corrected chi connectivity index (χ1v) is 8.68. The Morgan fingerprint density at radius 3 is 1.85 bits per heavy atom. The first kappa shape index (κ1) is 17.2. The minimum atomic E-state index is 1.01. The second kappa shape index (κ2) is 13.2. The first-order valence-electron chi connectivity index (χ1n) is 8.68. The van der Waals surface area contributed by atoms with Gasteiger partial charge in [0.1, 0.15) is 0 Å². The van der Waals surface area contributed by atoms with Crippen molar-refractivity contribution >= 4 is 0 Å². The molecule has 1 rings (SSSR count). The van der Waals surface area contributed by atoms with E-state index in [-0.39, 0.29) is 0 Å². The van der Waals surface area contributed by atoms with Gasteiger partial charge in [0.25, 0.3) is 0 Å². The Bertz CT molecular complexity index is 294. The monoisotopic (exact) mass is 275 g/mol. The Morgan fingerprint density at radius 2 is 1.25 bits per heavy atom. The van der Waals surface area contributed by atoms with Crippen LogP contribution in [-0.2, 0) is 6.54 Å². The molecule has 0 bridgehead atoms. The predicted molar refractivity (Wildman–Crippen MR) is 90.0 cm³/mol. The molecule has 0 atom stereocenters. The van der Waals surface area contributed by atoms with Gasteiger partial charge in [-0.15, -0.1) is 0 Å². The molecular formula is C19H33N. The molecule has 1 nitrogen and oxygen atoms in total. The van der Waals surface area contributed by atoms with Gasteiger partial charge in [-0.2, -0.15) is 0 Å².